The predicted molar refractivity (Wildman–Crippen MR) is 57.4 cm³/mol. The van der Waals surface area contributed by atoms with E-state index in [1.165, 1.54) is 12.1 Å². The largest absolute Gasteiger partial charge is 0.321 e. The van der Waals surface area contributed by atoms with Gasteiger partial charge >= 0.3 is 0 Å². The van der Waals surface area contributed by atoms with Gasteiger partial charge in [0.2, 0.25) is 0 Å². The van der Waals surface area contributed by atoms with Crippen LogP contribution in [0.1, 0.15) is 32.8 Å². The molecule has 1 aromatic carbocycles. The van der Waals surface area contributed by atoms with Gasteiger partial charge in [-0.05, 0) is 30.5 Å². The van der Waals surface area contributed by atoms with Crippen LogP contribution in [-0.4, -0.2) is 0 Å². The average molecular weight is 195 g/mol. The van der Waals surface area contributed by atoms with Gasteiger partial charge in [0.25, 0.3) is 0 Å². The second-order valence-electron chi connectivity index (χ2n) is 4.10. The summed E-state index contributed by atoms with van der Waals surface area (Å²) in [4.78, 5) is 0. The van der Waals surface area contributed by atoms with Gasteiger partial charge in [0.15, 0.2) is 0 Å². The lowest BCUT2D eigenvalue weighted by molar-refractivity contribution is 0.316. The van der Waals surface area contributed by atoms with Crippen LogP contribution in [0.3, 0.4) is 0 Å². The summed E-state index contributed by atoms with van der Waals surface area (Å²) < 4.78 is 12.7. The Morgan fingerprint density at radius 3 is 2.29 bits per heavy atom. The molecule has 0 saturated carbocycles. The van der Waals surface area contributed by atoms with E-state index in [4.69, 9.17) is 5.73 Å². The van der Waals surface area contributed by atoms with Crippen LogP contribution in [0.25, 0.3) is 0 Å². The first kappa shape index (κ1) is 11.2. The summed E-state index contributed by atoms with van der Waals surface area (Å²) in [6, 6.07) is 6.45. The molecule has 0 aliphatic rings. The Kier molecular flexibility index (Phi) is 3.27. The number of benzene rings is 1. The van der Waals surface area contributed by atoms with Crippen molar-refractivity contribution >= 4 is 0 Å². The number of nitrogens with two attached hydrogens (primary N) is 1. The van der Waals surface area contributed by atoms with Crippen LogP contribution in [0.4, 0.5) is 4.39 Å². The first-order valence-corrected chi connectivity index (χ1v) is 5.03. The lowest BCUT2D eigenvalue weighted by Crippen LogP contribution is -2.39. The van der Waals surface area contributed by atoms with Crippen molar-refractivity contribution in [2.75, 3.05) is 0 Å². The van der Waals surface area contributed by atoms with Gasteiger partial charge < -0.3 is 5.73 Å². The summed E-state index contributed by atoms with van der Waals surface area (Å²) >= 11 is 0. The predicted octanol–water partition coefficient (Wildman–Crippen LogP) is 3.05. The Bertz CT molecular complexity index is 290. The summed E-state index contributed by atoms with van der Waals surface area (Å²) in [6.07, 6.45) is 1.02. The first-order valence-electron chi connectivity index (χ1n) is 5.03. The zero-order valence-electron chi connectivity index (χ0n) is 9.05. The van der Waals surface area contributed by atoms with E-state index < -0.39 is 0 Å². The maximum Gasteiger partial charge on any atom is 0.123 e. The molecule has 1 rings (SSSR count). The van der Waals surface area contributed by atoms with Crippen LogP contribution in [0.2, 0.25) is 0 Å². The second-order valence-corrected chi connectivity index (χ2v) is 4.10. The first-order chi connectivity index (χ1) is 6.48. The van der Waals surface area contributed by atoms with Gasteiger partial charge in [0.1, 0.15) is 5.82 Å². The minimum atomic E-state index is -0.373. The van der Waals surface area contributed by atoms with Crippen molar-refractivity contribution in [2.24, 2.45) is 11.7 Å². The monoisotopic (exact) mass is 195 g/mol. The Balaban J connectivity index is 2.97. The fraction of sp³-hybridized carbons (Fsp3) is 0.500. The molecule has 1 nitrogen and oxygen atoms in total. The van der Waals surface area contributed by atoms with Gasteiger partial charge in [0, 0.05) is 5.54 Å². The molecule has 78 valence electrons. The van der Waals surface area contributed by atoms with Gasteiger partial charge in [-0.3, -0.25) is 0 Å². The minimum absolute atomic E-state index is 0.214. The summed E-state index contributed by atoms with van der Waals surface area (Å²) in [5.74, 6) is 0.168. The highest BCUT2D eigenvalue weighted by Crippen LogP contribution is 2.28. The zero-order chi connectivity index (χ0) is 10.8. The molecule has 2 atom stereocenters. The summed E-state index contributed by atoms with van der Waals surface area (Å²) in [5.41, 5.74) is 6.84. The SMILES string of the molecule is CCC(C)C(C)(N)c1ccc(F)cc1. The molecule has 0 heterocycles. The van der Waals surface area contributed by atoms with E-state index in [1.54, 1.807) is 12.1 Å². The molecule has 14 heavy (non-hydrogen) atoms. The highest BCUT2D eigenvalue weighted by molar-refractivity contribution is 5.24. The molecule has 0 amide bonds. The van der Waals surface area contributed by atoms with E-state index >= 15 is 0 Å². The smallest absolute Gasteiger partial charge is 0.123 e. The van der Waals surface area contributed by atoms with Crippen molar-refractivity contribution in [3.8, 4) is 0 Å². The summed E-state index contributed by atoms with van der Waals surface area (Å²) in [5, 5.41) is 0. The fourth-order valence-corrected chi connectivity index (χ4v) is 1.52. The standard InChI is InChI=1S/C12H18FN/c1-4-9(2)12(3,14)10-5-7-11(13)8-6-10/h5-9H,4,14H2,1-3H3. The molecule has 0 saturated heterocycles. The van der Waals surface area contributed by atoms with Gasteiger partial charge in [-0.15, -0.1) is 0 Å². The lowest BCUT2D eigenvalue weighted by Gasteiger charge is -2.31. The third-order valence-electron chi connectivity index (χ3n) is 3.10. The molecule has 0 bridgehead atoms. The van der Waals surface area contributed by atoms with Crippen LogP contribution in [-0.2, 0) is 5.54 Å². The Morgan fingerprint density at radius 1 is 1.36 bits per heavy atom. The third-order valence-corrected chi connectivity index (χ3v) is 3.10. The van der Waals surface area contributed by atoms with Crippen molar-refractivity contribution < 1.29 is 4.39 Å². The van der Waals surface area contributed by atoms with E-state index in [0.717, 1.165) is 12.0 Å². The van der Waals surface area contributed by atoms with Crippen molar-refractivity contribution in [1.29, 1.82) is 0 Å². The molecule has 0 spiro atoms. The van der Waals surface area contributed by atoms with E-state index in [2.05, 4.69) is 13.8 Å². The van der Waals surface area contributed by atoms with E-state index in [1.807, 2.05) is 6.92 Å². The average Bonchev–Trinajstić information content (AvgIpc) is 2.17. The number of hydrogen-bond acceptors (Lipinski definition) is 1. The van der Waals surface area contributed by atoms with Crippen LogP contribution in [0.5, 0.6) is 0 Å². The van der Waals surface area contributed by atoms with Crippen LogP contribution >= 0.6 is 0 Å². The molecule has 0 aliphatic heterocycles. The molecule has 0 aliphatic carbocycles. The molecule has 1 aromatic rings. The van der Waals surface area contributed by atoms with Crippen molar-refractivity contribution in [3.63, 3.8) is 0 Å². The van der Waals surface area contributed by atoms with Crippen LogP contribution < -0.4 is 5.73 Å². The number of hydrogen-bond donors (Lipinski definition) is 1. The van der Waals surface area contributed by atoms with Gasteiger partial charge in [-0.25, -0.2) is 4.39 Å². The second kappa shape index (κ2) is 4.09. The maximum absolute atomic E-state index is 12.7. The quantitative estimate of drug-likeness (QED) is 0.788. The highest BCUT2D eigenvalue weighted by Gasteiger charge is 2.26. The number of rotatable bonds is 3. The molecular weight excluding hydrogens is 177 g/mol. The van der Waals surface area contributed by atoms with E-state index in [-0.39, 0.29) is 11.4 Å². The Morgan fingerprint density at radius 2 is 1.86 bits per heavy atom. The maximum atomic E-state index is 12.7. The van der Waals surface area contributed by atoms with Crippen LogP contribution in [0, 0.1) is 11.7 Å². The van der Waals surface area contributed by atoms with Gasteiger partial charge in [-0.1, -0.05) is 32.4 Å². The number of halogens is 1. The fourth-order valence-electron chi connectivity index (χ4n) is 1.52. The van der Waals surface area contributed by atoms with Crippen molar-refractivity contribution in [2.45, 2.75) is 32.7 Å². The Hall–Kier alpha value is -0.890. The minimum Gasteiger partial charge on any atom is -0.321 e. The molecule has 0 aromatic heterocycles. The molecule has 0 radical (unpaired) electrons. The summed E-state index contributed by atoms with van der Waals surface area (Å²) in [6.45, 7) is 6.22. The third kappa shape index (κ3) is 2.13. The lowest BCUT2D eigenvalue weighted by atomic mass is 9.80. The molecule has 0 fully saturated rings. The highest BCUT2D eigenvalue weighted by atomic mass is 19.1. The zero-order valence-corrected chi connectivity index (χ0v) is 9.05. The van der Waals surface area contributed by atoms with Gasteiger partial charge in [-0.2, -0.15) is 0 Å². The van der Waals surface area contributed by atoms with Gasteiger partial charge in [0.05, 0.1) is 0 Å². The molecule has 2 N–H and O–H groups in total. The molecule has 2 heteroatoms. The molecular formula is C12H18FN. The normalized spacial score (nSPS) is 17.5. The van der Waals surface area contributed by atoms with Crippen LogP contribution in [0.15, 0.2) is 24.3 Å². The van der Waals surface area contributed by atoms with E-state index in [0.29, 0.717) is 5.92 Å². The van der Waals surface area contributed by atoms with Crippen molar-refractivity contribution in [3.05, 3.63) is 35.6 Å². The summed E-state index contributed by atoms with van der Waals surface area (Å²) in [7, 11) is 0. The molecule has 2 unspecified atom stereocenters. The van der Waals surface area contributed by atoms with Crippen molar-refractivity contribution in [1.82, 2.24) is 0 Å². The topological polar surface area (TPSA) is 26.0 Å². The van der Waals surface area contributed by atoms with E-state index in [9.17, 15) is 4.39 Å². The Labute approximate surface area is 85.1 Å².